The molecule has 0 spiro atoms. The monoisotopic (exact) mass is 504 g/mol. The van der Waals surface area contributed by atoms with Crippen molar-refractivity contribution in [3.63, 3.8) is 0 Å². The first-order valence-corrected chi connectivity index (χ1v) is 14.0. The quantitative estimate of drug-likeness (QED) is 0.224. The minimum Gasteiger partial charge on any atom is -0.135 e. The molecule has 7 aromatic rings. The molecule has 0 amide bonds. The van der Waals surface area contributed by atoms with E-state index in [1.165, 1.54) is 81.0 Å². The Balaban J connectivity index is 1.29. The van der Waals surface area contributed by atoms with Crippen LogP contribution in [0.4, 0.5) is 0 Å². The van der Waals surface area contributed by atoms with Crippen LogP contribution in [-0.4, -0.2) is 0 Å². The van der Waals surface area contributed by atoms with Gasteiger partial charge in [0.2, 0.25) is 0 Å². The first-order valence-electron chi connectivity index (χ1n) is 13.2. The van der Waals surface area contributed by atoms with Gasteiger partial charge in [-0.1, -0.05) is 91.0 Å². The molecular weight excluding hydrogens is 476 g/mol. The van der Waals surface area contributed by atoms with Crippen molar-refractivity contribution >= 4 is 42.3 Å². The highest BCUT2D eigenvalue weighted by molar-refractivity contribution is 7.25. The zero-order valence-corrected chi connectivity index (χ0v) is 22.7. The molecule has 7 rings (SSSR count). The number of hydrogen-bond acceptors (Lipinski definition) is 1. The van der Waals surface area contributed by atoms with Crippen LogP contribution in [0.5, 0.6) is 0 Å². The molecule has 0 saturated carbocycles. The fourth-order valence-corrected chi connectivity index (χ4v) is 7.02. The van der Waals surface area contributed by atoms with Crippen molar-refractivity contribution in [1.82, 2.24) is 0 Å². The average molecular weight is 505 g/mol. The van der Waals surface area contributed by atoms with E-state index in [4.69, 9.17) is 0 Å². The van der Waals surface area contributed by atoms with Gasteiger partial charge in [0.15, 0.2) is 0 Å². The van der Waals surface area contributed by atoms with E-state index in [2.05, 4.69) is 136 Å². The lowest BCUT2D eigenvalue weighted by molar-refractivity contribution is 1.38. The summed E-state index contributed by atoms with van der Waals surface area (Å²) in [6.45, 7) is 6.68. The molecule has 6 aromatic carbocycles. The average Bonchev–Trinajstić information content (AvgIpc) is 3.29. The molecule has 1 heteroatoms. The Morgan fingerprint density at radius 2 is 1.11 bits per heavy atom. The third-order valence-electron chi connectivity index (χ3n) is 7.95. The van der Waals surface area contributed by atoms with Crippen LogP contribution >= 0.6 is 11.3 Å². The second-order valence-electron chi connectivity index (χ2n) is 10.3. The first-order chi connectivity index (χ1) is 18.6. The molecule has 0 fully saturated rings. The molecule has 0 aliphatic carbocycles. The fraction of sp³-hybridized carbons (Fsp3) is 0.0811. The van der Waals surface area contributed by atoms with Crippen LogP contribution in [0.25, 0.3) is 64.3 Å². The first kappa shape index (κ1) is 23.0. The third kappa shape index (κ3) is 3.74. The maximum absolute atomic E-state index is 2.36. The van der Waals surface area contributed by atoms with Crippen LogP contribution in [0.1, 0.15) is 16.7 Å². The van der Waals surface area contributed by atoms with Crippen molar-refractivity contribution in [2.75, 3.05) is 0 Å². The van der Waals surface area contributed by atoms with Crippen LogP contribution < -0.4 is 0 Å². The molecular formula is C37H28S. The van der Waals surface area contributed by atoms with Gasteiger partial charge in [-0.15, -0.1) is 11.3 Å². The second kappa shape index (κ2) is 8.97. The summed E-state index contributed by atoms with van der Waals surface area (Å²) in [4.78, 5) is 0. The summed E-state index contributed by atoms with van der Waals surface area (Å²) in [7, 11) is 0. The maximum Gasteiger partial charge on any atom is 0.0361 e. The van der Waals surface area contributed by atoms with Gasteiger partial charge in [0.1, 0.15) is 0 Å². The molecule has 0 bridgehead atoms. The van der Waals surface area contributed by atoms with E-state index in [0.29, 0.717) is 0 Å². The predicted octanol–water partition coefficient (Wildman–Crippen LogP) is 11.1. The van der Waals surface area contributed by atoms with E-state index in [9.17, 15) is 0 Å². The summed E-state index contributed by atoms with van der Waals surface area (Å²) in [5.41, 5.74) is 11.7. The smallest absolute Gasteiger partial charge is 0.0361 e. The highest BCUT2D eigenvalue weighted by Gasteiger charge is 2.13. The number of fused-ring (bicyclic) bond motifs is 4. The van der Waals surface area contributed by atoms with Crippen LogP contribution in [0.15, 0.2) is 115 Å². The Labute approximate surface area is 227 Å². The van der Waals surface area contributed by atoms with Crippen LogP contribution in [0.2, 0.25) is 0 Å². The maximum atomic E-state index is 2.36. The van der Waals surface area contributed by atoms with Gasteiger partial charge in [-0.3, -0.25) is 0 Å². The summed E-state index contributed by atoms with van der Waals surface area (Å²) >= 11 is 1.88. The zero-order valence-electron chi connectivity index (χ0n) is 21.9. The number of aryl methyl sites for hydroxylation is 2. The van der Waals surface area contributed by atoms with E-state index in [1.807, 2.05) is 11.3 Å². The highest BCUT2D eigenvalue weighted by Crippen LogP contribution is 2.39. The molecule has 0 nitrogen and oxygen atoms in total. The Kier molecular flexibility index (Phi) is 5.42. The normalized spacial score (nSPS) is 11.6. The largest absolute Gasteiger partial charge is 0.135 e. The van der Waals surface area contributed by atoms with Gasteiger partial charge in [0.25, 0.3) is 0 Å². The lowest BCUT2D eigenvalue weighted by Crippen LogP contribution is -1.92. The SMILES string of the molecule is Cc1ccccc1-c1cccc(-c2ccc(-c3ccc4cc5c(cc4c3)sc3ccccc35)cc2C)c1C. The Bertz CT molecular complexity index is 2000. The van der Waals surface area contributed by atoms with E-state index in [0.717, 1.165) is 0 Å². The highest BCUT2D eigenvalue weighted by atomic mass is 32.1. The molecule has 0 atom stereocenters. The van der Waals surface area contributed by atoms with E-state index in [-0.39, 0.29) is 0 Å². The van der Waals surface area contributed by atoms with Crippen molar-refractivity contribution in [3.05, 3.63) is 132 Å². The van der Waals surface area contributed by atoms with Gasteiger partial charge in [0, 0.05) is 20.2 Å². The van der Waals surface area contributed by atoms with Crippen LogP contribution in [0, 0.1) is 20.8 Å². The summed E-state index contributed by atoms with van der Waals surface area (Å²) < 4.78 is 2.71. The van der Waals surface area contributed by atoms with E-state index in [1.54, 1.807) is 0 Å². The van der Waals surface area contributed by atoms with E-state index < -0.39 is 0 Å². The third-order valence-corrected chi connectivity index (χ3v) is 9.09. The summed E-state index contributed by atoms with van der Waals surface area (Å²) in [5, 5.41) is 5.30. The van der Waals surface area contributed by atoms with Crippen LogP contribution in [-0.2, 0) is 0 Å². The second-order valence-corrected chi connectivity index (χ2v) is 11.4. The van der Waals surface area contributed by atoms with Crippen molar-refractivity contribution in [1.29, 1.82) is 0 Å². The summed E-state index contributed by atoms with van der Waals surface area (Å²) in [6.07, 6.45) is 0. The lowest BCUT2D eigenvalue weighted by Gasteiger charge is -2.16. The molecule has 0 aliphatic rings. The number of rotatable bonds is 3. The number of benzene rings is 6. The van der Waals surface area contributed by atoms with E-state index >= 15 is 0 Å². The van der Waals surface area contributed by atoms with Crippen molar-refractivity contribution in [3.8, 4) is 33.4 Å². The molecule has 1 aromatic heterocycles. The molecule has 0 aliphatic heterocycles. The topological polar surface area (TPSA) is 0 Å². The van der Waals surface area contributed by atoms with Gasteiger partial charge in [-0.25, -0.2) is 0 Å². The molecule has 0 radical (unpaired) electrons. The summed E-state index contributed by atoms with van der Waals surface area (Å²) in [5.74, 6) is 0. The number of thiophene rings is 1. The minimum absolute atomic E-state index is 1.26. The van der Waals surface area contributed by atoms with Crippen LogP contribution in [0.3, 0.4) is 0 Å². The fourth-order valence-electron chi connectivity index (χ4n) is 5.89. The molecule has 0 N–H and O–H groups in total. The molecule has 0 unspecified atom stereocenters. The number of hydrogen-bond donors (Lipinski definition) is 0. The van der Waals surface area contributed by atoms with Crippen molar-refractivity contribution in [2.24, 2.45) is 0 Å². The standard InChI is InChI=1S/C37H28S/c1-23-9-4-5-10-30(23)32-12-8-13-33(25(32)3)31-18-17-26(19-24(31)2)27-15-16-28-21-35-34-11-6-7-14-36(34)38-37(35)22-29(28)20-27/h4-22H,1-3H3. The van der Waals surface area contributed by atoms with Gasteiger partial charge < -0.3 is 0 Å². The molecule has 182 valence electrons. The van der Waals surface area contributed by atoms with Gasteiger partial charge in [0.05, 0.1) is 0 Å². The Morgan fingerprint density at radius 3 is 1.92 bits per heavy atom. The Hall–Kier alpha value is -4.20. The minimum atomic E-state index is 1.26. The van der Waals surface area contributed by atoms with Crippen molar-refractivity contribution in [2.45, 2.75) is 20.8 Å². The molecule has 0 saturated heterocycles. The van der Waals surface area contributed by atoms with Gasteiger partial charge in [-0.05, 0) is 106 Å². The molecule has 38 heavy (non-hydrogen) atoms. The van der Waals surface area contributed by atoms with Gasteiger partial charge in [-0.2, -0.15) is 0 Å². The van der Waals surface area contributed by atoms with Crippen molar-refractivity contribution < 1.29 is 0 Å². The Morgan fingerprint density at radius 1 is 0.421 bits per heavy atom. The summed E-state index contributed by atoms with van der Waals surface area (Å²) in [6, 6.07) is 42.6. The van der Waals surface area contributed by atoms with Gasteiger partial charge >= 0.3 is 0 Å². The lowest BCUT2D eigenvalue weighted by atomic mass is 9.88. The predicted molar refractivity (Wildman–Crippen MR) is 167 cm³/mol. The molecule has 1 heterocycles. The zero-order chi connectivity index (χ0) is 25.8.